The van der Waals surface area contributed by atoms with Crippen molar-refractivity contribution in [3.8, 4) is 0 Å². The minimum atomic E-state index is -4.18. The minimum Gasteiger partial charge on any atom is -0.468 e. The lowest BCUT2D eigenvalue weighted by Crippen LogP contribution is -2.52. The summed E-state index contributed by atoms with van der Waals surface area (Å²) in [6.07, 6.45) is -4.32. The number of esters is 1. The van der Waals surface area contributed by atoms with Gasteiger partial charge in [-0.15, -0.1) is 12.4 Å². The Balaban J connectivity index is 0.00000225. The Bertz CT molecular complexity index is 250. The van der Waals surface area contributed by atoms with E-state index in [2.05, 4.69) is 4.74 Å². The van der Waals surface area contributed by atoms with Crippen molar-refractivity contribution in [1.82, 2.24) is 0 Å². The van der Waals surface area contributed by atoms with Gasteiger partial charge in [0.2, 0.25) is 0 Å². The smallest absolute Gasteiger partial charge is 0.391 e. The largest absolute Gasteiger partial charge is 0.468 e. The lowest BCUT2D eigenvalue weighted by atomic mass is 9.77. The Labute approximate surface area is 97.9 Å². The fourth-order valence-electron chi connectivity index (χ4n) is 1.87. The number of alkyl halides is 3. The number of ether oxygens (including phenoxy) is 1. The Hall–Kier alpha value is -0.490. The molecule has 0 aromatic carbocycles. The molecule has 2 N–H and O–H groups in total. The van der Waals surface area contributed by atoms with Crippen LogP contribution in [0.15, 0.2) is 0 Å². The first-order valence-corrected chi connectivity index (χ1v) is 4.73. The van der Waals surface area contributed by atoms with Crippen molar-refractivity contribution < 1.29 is 22.7 Å². The molecule has 0 spiro atoms. The van der Waals surface area contributed by atoms with Crippen LogP contribution in [0.5, 0.6) is 0 Å². The molecule has 0 radical (unpaired) electrons. The van der Waals surface area contributed by atoms with Crippen LogP contribution in [-0.2, 0) is 9.53 Å². The summed E-state index contributed by atoms with van der Waals surface area (Å²) in [6.45, 7) is 0. The summed E-state index contributed by atoms with van der Waals surface area (Å²) in [5.41, 5.74) is 4.45. The number of nitrogens with two attached hydrogens (primary N) is 1. The average Bonchev–Trinajstić information content (AvgIpc) is 2.15. The third-order valence-electron chi connectivity index (χ3n) is 2.93. The second-order valence-corrected chi connectivity index (χ2v) is 3.96. The highest BCUT2D eigenvalue weighted by molar-refractivity contribution is 5.85. The zero-order chi connectivity index (χ0) is 11.7. The second kappa shape index (κ2) is 5.23. The first kappa shape index (κ1) is 15.5. The van der Waals surface area contributed by atoms with Crippen LogP contribution in [0.2, 0.25) is 0 Å². The van der Waals surface area contributed by atoms with Crippen LogP contribution in [0.25, 0.3) is 0 Å². The molecule has 3 nitrogen and oxygen atoms in total. The van der Waals surface area contributed by atoms with Gasteiger partial charge in [0.05, 0.1) is 13.0 Å². The quantitative estimate of drug-likeness (QED) is 0.735. The van der Waals surface area contributed by atoms with Gasteiger partial charge in [-0.1, -0.05) is 0 Å². The number of rotatable bonds is 1. The number of carbonyl (C=O) groups excluding carboxylic acids is 1. The molecule has 96 valence electrons. The summed E-state index contributed by atoms with van der Waals surface area (Å²) >= 11 is 0. The highest BCUT2D eigenvalue weighted by Gasteiger charge is 2.47. The van der Waals surface area contributed by atoms with Crippen LogP contribution >= 0.6 is 12.4 Å². The summed E-state index contributed by atoms with van der Waals surface area (Å²) in [6, 6.07) is 0. The highest BCUT2D eigenvalue weighted by atomic mass is 35.5. The molecule has 1 aliphatic rings. The van der Waals surface area contributed by atoms with Crippen LogP contribution < -0.4 is 5.73 Å². The predicted molar refractivity (Wildman–Crippen MR) is 54.2 cm³/mol. The van der Waals surface area contributed by atoms with Crippen LogP contribution in [0, 0.1) is 5.92 Å². The Morgan fingerprint density at radius 1 is 1.38 bits per heavy atom. The lowest BCUT2D eigenvalue weighted by Gasteiger charge is -2.35. The van der Waals surface area contributed by atoms with Gasteiger partial charge in [-0.25, -0.2) is 0 Å². The average molecular weight is 262 g/mol. The zero-order valence-electron chi connectivity index (χ0n) is 8.84. The summed E-state index contributed by atoms with van der Waals surface area (Å²) < 4.78 is 41.4. The Morgan fingerprint density at radius 3 is 2.12 bits per heavy atom. The molecule has 0 amide bonds. The number of hydrogen-bond acceptors (Lipinski definition) is 3. The third-order valence-corrected chi connectivity index (χ3v) is 2.93. The molecular weight excluding hydrogens is 247 g/mol. The van der Waals surface area contributed by atoms with Gasteiger partial charge in [-0.2, -0.15) is 13.2 Å². The van der Waals surface area contributed by atoms with E-state index in [1.165, 1.54) is 7.11 Å². The van der Waals surface area contributed by atoms with E-state index < -0.39 is 23.6 Å². The lowest BCUT2D eigenvalue weighted by molar-refractivity contribution is -0.187. The molecule has 1 aliphatic carbocycles. The van der Waals surface area contributed by atoms with Gasteiger partial charge in [-0.3, -0.25) is 4.79 Å². The van der Waals surface area contributed by atoms with Gasteiger partial charge in [-0.05, 0) is 25.7 Å². The summed E-state index contributed by atoms with van der Waals surface area (Å²) in [5, 5.41) is 0. The van der Waals surface area contributed by atoms with Gasteiger partial charge >= 0.3 is 12.1 Å². The standard InChI is InChI=1S/C9H14F3NO2.ClH/c1-15-7(14)8(13)4-2-6(3-5-8)9(10,11)12;/h6H,2-5,13H2,1H3;1H/t6-,8+;. The highest BCUT2D eigenvalue weighted by Crippen LogP contribution is 2.40. The third kappa shape index (κ3) is 3.25. The van der Waals surface area contributed by atoms with E-state index >= 15 is 0 Å². The SMILES string of the molecule is COC(=O)[C@]1(N)CC[C@@H](C(F)(F)F)CC1.Cl. The number of carbonyl (C=O) groups is 1. The fraction of sp³-hybridized carbons (Fsp3) is 0.889. The molecule has 0 unspecified atom stereocenters. The molecule has 0 aliphatic heterocycles. The van der Waals surface area contributed by atoms with E-state index in [-0.39, 0.29) is 38.1 Å². The van der Waals surface area contributed by atoms with Crippen molar-refractivity contribution in [3.05, 3.63) is 0 Å². The molecule has 16 heavy (non-hydrogen) atoms. The van der Waals surface area contributed by atoms with Crippen molar-refractivity contribution in [1.29, 1.82) is 0 Å². The number of halogens is 4. The topological polar surface area (TPSA) is 52.3 Å². The van der Waals surface area contributed by atoms with Crippen LogP contribution in [-0.4, -0.2) is 24.8 Å². The summed E-state index contributed by atoms with van der Waals surface area (Å²) in [4.78, 5) is 11.2. The van der Waals surface area contributed by atoms with Crippen LogP contribution in [0.3, 0.4) is 0 Å². The van der Waals surface area contributed by atoms with Crippen molar-refractivity contribution in [3.63, 3.8) is 0 Å². The normalized spacial score (nSPS) is 30.4. The van der Waals surface area contributed by atoms with Crippen LogP contribution in [0.1, 0.15) is 25.7 Å². The molecule has 1 saturated carbocycles. The summed E-state index contributed by atoms with van der Waals surface area (Å²) in [7, 11) is 1.19. The van der Waals surface area contributed by atoms with Gasteiger partial charge in [0.25, 0.3) is 0 Å². The van der Waals surface area contributed by atoms with E-state index in [0.29, 0.717) is 0 Å². The van der Waals surface area contributed by atoms with E-state index in [0.717, 1.165) is 0 Å². The van der Waals surface area contributed by atoms with Crippen molar-refractivity contribution in [2.45, 2.75) is 37.4 Å². The number of hydrogen-bond donors (Lipinski definition) is 1. The maximum Gasteiger partial charge on any atom is 0.391 e. The molecule has 1 fully saturated rings. The molecule has 0 heterocycles. The van der Waals surface area contributed by atoms with Crippen molar-refractivity contribution in [2.75, 3.05) is 7.11 Å². The second-order valence-electron chi connectivity index (χ2n) is 3.96. The molecule has 0 bridgehead atoms. The Kier molecular flexibility index (Phi) is 5.07. The van der Waals surface area contributed by atoms with Gasteiger partial charge in [0.1, 0.15) is 5.54 Å². The molecule has 0 atom stereocenters. The zero-order valence-corrected chi connectivity index (χ0v) is 9.66. The predicted octanol–water partition coefficient (Wildman–Crippen LogP) is 2.03. The molecule has 0 saturated heterocycles. The number of methoxy groups -OCH3 is 1. The maximum absolute atomic E-state index is 12.3. The summed E-state index contributed by atoms with van der Waals surface area (Å²) in [5.74, 6) is -1.96. The first-order chi connectivity index (χ1) is 6.79. The van der Waals surface area contributed by atoms with Gasteiger partial charge < -0.3 is 10.5 Å². The van der Waals surface area contributed by atoms with Crippen LogP contribution in [0.4, 0.5) is 13.2 Å². The van der Waals surface area contributed by atoms with Crippen molar-refractivity contribution >= 4 is 18.4 Å². The van der Waals surface area contributed by atoms with E-state index in [9.17, 15) is 18.0 Å². The van der Waals surface area contributed by atoms with E-state index in [1.807, 2.05) is 0 Å². The molecule has 0 aromatic heterocycles. The molecule has 7 heteroatoms. The Morgan fingerprint density at radius 2 is 1.81 bits per heavy atom. The molecule has 1 rings (SSSR count). The molecule has 0 aromatic rings. The monoisotopic (exact) mass is 261 g/mol. The van der Waals surface area contributed by atoms with E-state index in [1.54, 1.807) is 0 Å². The van der Waals surface area contributed by atoms with E-state index in [4.69, 9.17) is 5.73 Å². The van der Waals surface area contributed by atoms with Crippen molar-refractivity contribution in [2.24, 2.45) is 11.7 Å². The first-order valence-electron chi connectivity index (χ1n) is 4.73. The molecular formula is C9H15ClF3NO2. The maximum atomic E-state index is 12.3. The fourth-order valence-corrected chi connectivity index (χ4v) is 1.87. The van der Waals surface area contributed by atoms with Gasteiger partial charge in [0, 0.05) is 0 Å². The minimum absolute atomic E-state index is 0. The van der Waals surface area contributed by atoms with Gasteiger partial charge in [0.15, 0.2) is 0 Å².